The van der Waals surface area contributed by atoms with Crippen molar-refractivity contribution in [2.24, 2.45) is 5.73 Å². The highest BCUT2D eigenvalue weighted by atomic mass is 35.5. The smallest absolute Gasteiger partial charge is 0.293 e. The predicted octanol–water partition coefficient (Wildman–Crippen LogP) is 1.01. The highest BCUT2D eigenvalue weighted by Gasteiger charge is 2.29. The van der Waals surface area contributed by atoms with Gasteiger partial charge in [0.2, 0.25) is 5.91 Å². The number of piperazine rings is 1. The SMILES string of the molecule is CC(=O)N1CCN(c2ccc(C(=O)NCC(F)(F)CN)cc2[N+](=O)[O-])CC1.Cl. The standard InChI is InChI=1S/C16H21F2N5O4.ClH/c1-11(24)21-4-6-22(7-5-21)13-3-2-12(8-14(13)23(26)27)15(25)20-10-16(17,18)9-19;/h2-3,8H,4-7,9-10,19H2,1H3,(H,20,25);1H. The normalized spacial score (nSPS) is 14.3. The number of amides is 2. The Morgan fingerprint density at radius 1 is 1.29 bits per heavy atom. The van der Waals surface area contributed by atoms with E-state index in [2.05, 4.69) is 0 Å². The number of rotatable bonds is 6. The van der Waals surface area contributed by atoms with Crippen LogP contribution in [0.25, 0.3) is 0 Å². The number of hydrogen-bond donors (Lipinski definition) is 2. The maximum atomic E-state index is 13.1. The van der Waals surface area contributed by atoms with Gasteiger partial charge in [-0.2, -0.15) is 0 Å². The van der Waals surface area contributed by atoms with Crippen molar-refractivity contribution < 1.29 is 23.3 Å². The van der Waals surface area contributed by atoms with E-state index in [9.17, 15) is 28.5 Å². The summed E-state index contributed by atoms with van der Waals surface area (Å²) in [5.41, 5.74) is 4.82. The zero-order valence-electron chi connectivity index (χ0n) is 15.2. The van der Waals surface area contributed by atoms with E-state index in [4.69, 9.17) is 5.73 Å². The van der Waals surface area contributed by atoms with Gasteiger partial charge in [0.05, 0.1) is 18.0 Å². The summed E-state index contributed by atoms with van der Waals surface area (Å²) in [5, 5.41) is 13.4. The molecule has 1 aliphatic heterocycles. The molecular formula is C16H22ClF2N5O4. The summed E-state index contributed by atoms with van der Waals surface area (Å²) in [6.07, 6.45) is 0. The summed E-state index contributed by atoms with van der Waals surface area (Å²) in [7, 11) is 0. The zero-order valence-corrected chi connectivity index (χ0v) is 16.0. The van der Waals surface area contributed by atoms with E-state index in [1.165, 1.54) is 19.1 Å². The zero-order chi connectivity index (χ0) is 20.2. The molecule has 1 fully saturated rings. The van der Waals surface area contributed by atoms with Gasteiger partial charge in [-0.1, -0.05) is 0 Å². The first-order valence-corrected chi connectivity index (χ1v) is 8.29. The molecule has 0 unspecified atom stereocenters. The van der Waals surface area contributed by atoms with E-state index in [1.807, 2.05) is 5.32 Å². The molecule has 0 atom stereocenters. The number of alkyl halides is 2. The van der Waals surface area contributed by atoms with Crippen LogP contribution in [0.2, 0.25) is 0 Å². The van der Waals surface area contributed by atoms with Crippen molar-refractivity contribution in [3.8, 4) is 0 Å². The van der Waals surface area contributed by atoms with Gasteiger partial charge in [0.25, 0.3) is 17.5 Å². The Morgan fingerprint density at radius 2 is 1.89 bits per heavy atom. The molecule has 2 rings (SSSR count). The van der Waals surface area contributed by atoms with Gasteiger partial charge in [0.1, 0.15) is 5.69 Å². The molecule has 2 amide bonds. The average Bonchev–Trinajstić information content (AvgIpc) is 2.65. The van der Waals surface area contributed by atoms with Crippen LogP contribution in [-0.2, 0) is 4.79 Å². The molecule has 156 valence electrons. The highest BCUT2D eigenvalue weighted by molar-refractivity contribution is 5.95. The Hall–Kier alpha value is -2.53. The summed E-state index contributed by atoms with van der Waals surface area (Å²) >= 11 is 0. The lowest BCUT2D eigenvalue weighted by atomic mass is 10.1. The fraction of sp³-hybridized carbons (Fsp3) is 0.500. The minimum absolute atomic E-state index is 0. The fourth-order valence-electron chi connectivity index (χ4n) is 2.72. The number of nitro benzene ring substituents is 1. The number of carbonyl (C=O) groups excluding carboxylic acids is 2. The number of nitrogens with two attached hydrogens (primary N) is 1. The quantitative estimate of drug-likeness (QED) is 0.522. The molecule has 0 bridgehead atoms. The number of carbonyl (C=O) groups is 2. The number of halogens is 3. The average molecular weight is 422 g/mol. The molecule has 0 radical (unpaired) electrons. The summed E-state index contributed by atoms with van der Waals surface area (Å²) in [5.74, 6) is -4.16. The van der Waals surface area contributed by atoms with Crippen LogP contribution in [0.15, 0.2) is 18.2 Å². The Labute approximate surface area is 166 Å². The lowest BCUT2D eigenvalue weighted by Gasteiger charge is -2.35. The van der Waals surface area contributed by atoms with Gasteiger partial charge in [-0.25, -0.2) is 8.78 Å². The van der Waals surface area contributed by atoms with Crippen LogP contribution in [0.3, 0.4) is 0 Å². The number of benzene rings is 1. The fourth-order valence-corrected chi connectivity index (χ4v) is 2.72. The van der Waals surface area contributed by atoms with E-state index < -0.39 is 29.8 Å². The molecule has 1 saturated heterocycles. The van der Waals surface area contributed by atoms with E-state index in [1.54, 1.807) is 9.80 Å². The number of nitrogens with zero attached hydrogens (tertiary/aromatic N) is 3. The first kappa shape index (κ1) is 23.5. The van der Waals surface area contributed by atoms with Crippen LogP contribution in [0, 0.1) is 10.1 Å². The lowest BCUT2D eigenvalue weighted by molar-refractivity contribution is -0.384. The minimum atomic E-state index is -3.25. The molecular weight excluding hydrogens is 400 g/mol. The summed E-state index contributed by atoms with van der Waals surface area (Å²) in [6, 6.07) is 3.82. The van der Waals surface area contributed by atoms with Gasteiger partial charge in [0.15, 0.2) is 0 Å². The van der Waals surface area contributed by atoms with Gasteiger partial charge in [-0.3, -0.25) is 19.7 Å². The second-order valence-electron chi connectivity index (χ2n) is 6.20. The van der Waals surface area contributed by atoms with Crippen molar-refractivity contribution in [3.63, 3.8) is 0 Å². The molecule has 0 aliphatic carbocycles. The summed E-state index contributed by atoms with van der Waals surface area (Å²) in [4.78, 5) is 37.6. The van der Waals surface area contributed by atoms with Crippen LogP contribution in [0.1, 0.15) is 17.3 Å². The molecule has 9 nitrogen and oxygen atoms in total. The van der Waals surface area contributed by atoms with Crippen LogP contribution < -0.4 is 16.0 Å². The third-order valence-electron chi connectivity index (χ3n) is 4.31. The Bertz CT molecular complexity index is 742. The molecule has 3 N–H and O–H groups in total. The molecule has 1 aromatic carbocycles. The van der Waals surface area contributed by atoms with Crippen LogP contribution in [0.4, 0.5) is 20.2 Å². The van der Waals surface area contributed by atoms with Crippen molar-refractivity contribution in [1.29, 1.82) is 0 Å². The predicted molar refractivity (Wildman–Crippen MR) is 101 cm³/mol. The summed E-state index contributed by atoms with van der Waals surface area (Å²) < 4.78 is 26.3. The van der Waals surface area contributed by atoms with Crippen LogP contribution in [0.5, 0.6) is 0 Å². The molecule has 1 aromatic rings. The third kappa shape index (κ3) is 5.73. The highest BCUT2D eigenvalue weighted by Crippen LogP contribution is 2.30. The van der Waals surface area contributed by atoms with Gasteiger partial charge in [-0.05, 0) is 12.1 Å². The number of nitro groups is 1. The molecule has 0 spiro atoms. The number of nitrogens with one attached hydrogen (secondary N) is 1. The minimum Gasteiger partial charge on any atom is -0.362 e. The summed E-state index contributed by atoms with van der Waals surface area (Å²) in [6.45, 7) is 1.28. The first-order chi connectivity index (χ1) is 12.6. The number of hydrogen-bond acceptors (Lipinski definition) is 6. The van der Waals surface area contributed by atoms with E-state index in [0.29, 0.717) is 31.9 Å². The van der Waals surface area contributed by atoms with Gasteiger partial charge >= 0.3 is 0 Å². The first-order valence-electron chi connectivity index (χ1n) is 8.29. The van der Waals surface area contributed by atoms with Crippen molar-refractivity contribution in [3.05, 3.63) is 33.9 Å². The molecule has 12 heteroatoms. The van der Waals surface area contributed by atoms with E-state index in [0.717, 1.165) is 6.07 Å². The molecule has 1 aliphatic rings. The second-order valence-corrected chi connectivity index (χ2v) is 6.20. The topological polar surface area (TPSA) is 122 Å². The van der Waals surface area contributed by atoms with E-state index >= 15 is 0 Å². The largest absolute Gasteiger partial charge is 0.362 e. The molecule has 0 aromatic heterocycles. The Kier molecular flexibility index (Phi) is 8.06. The second kappa shape index (κ2) is 9.60. The van der Waals surface area contributed by atoms with Crippen molar-refractivity contribution in [2.75, 3.05) is 44.2 Å². The van der Waals surface area contributed by atoms with Gasteiger partial charge < -0.3 is 20.9 Å². The molecule has 1 heterocycles. The number of anilines is 1. The van der Waals surface area contributed by atoms with Crippen molar-refractivity contribution in [1.82, 2.24) is 10.2 Å². The lowest BCUT2D eigenvalue weighted by Crippen LogP contribution is -2.48. The maximum Gasteiger partial charge on any atom is 0.293 e. The molecule has 0 saturated carbocycles. The maximum absolute atomic E-state index is 13.1. The van der Waals surface area contributed by atoms with Crippen molar-refractivity contribution >= 4 is 35.6 Å². The van der Waals surface area contributed by atoms with Gasteiger partial charge in [-0.15, -0.1) is 12.4 Å². The van der Waals surface area contributed by atoms with Gasteiger partial charge in [0, 0.05) is 44.7 Å². The van der Waals surface area contributed by atoms with Crippen molar-refractivity contribution in [2.45, 2.75) is 12.8 Å². The van der Waals surface area contributed by atoms with Crippen LogP contribution >= 0.6 is 12.4 Å². The Morgan fingerprint density at radius 3 is 2.39 bits per heavy atom. The third-order valence-corrected chi connectivity index (χ3v) is 4.31. The Balaban J connectivity index is 0.00000392. The van der Waals surface area contributed by atoms with E-state index in [-0.39, 0.29) is 29.6 Å². The molecule has 28 heavy (non-hydrogen) atoms. The monoisotopic (exact) mass is 421 g/mol. The van der Waals surface area contributed by atoms with Crippen LogP contribution in [-0.4, -0.2) is 66.8 Å².